The van der Waals surface area contributed by atoms with Crippen molar-refractivity contribution in [3.05, 3.63) is 46.4 Å². The number of anilines is 1. The smallest absolute Gasteiger partial charge is 0.203 e. The van der Waals surface area contributed by atoms with Gasteiger partial charge in [0.05, 0.1) is 21.3 Å². The van der Waals surface area contributed by atoms with E-state index < -0.39 is 0 Å². The van der Waals surface area contributed by atoms with Gasteiger partial charge in [-0.15, -0.1) is 0 Å². The third-order valence-electron chi connectivity index (χ3n) is 3.07. The molecule has 5 heteroatoms. The van der Waals surface area contributed by atoms with Gasteiger partial charge in [0, 0.05) is 16.7 Å². The molecule has 0 unspecified atom stereocenters. The zero-order chi connectivity index (χ0) is 15.2. The van der Waals surface area contributed by atoms with Crippen molar-refractivity contribution in [2.75, 3.05) is 26.6 Å². The van der Waals surface area contributed by atoms with E-state index in [0.717, 1.165) is 15.7 Å². The molecule has 1 N–H and O–H groups in total. The molecule has 112 valence electrons. The van der Waals surface area contributed by atoms with Crippen LogP contribution in [0.15, 0.2) is 40.9 Å². The van der Waals surface area contributed by atoms with Gasteiger partial charge >= 0.3 is 0 Å². The molecule has 2 aromatic rings. The van der Waals surface area contributed by atoms with E-state index in [2.05, 4.69) is 21.2 Å². The van der Waals surface area contributed by atoms with Crippen molar-refractivity contribution in [3.63, 3.8) is 0 Å². The number of ether oxygens (including phenoxy) is 3. The Balaban J connectivity index is 2.18. The van der Waals surface area contributed by atoms with Gasteiger partial charge in [-0.25, -0.2) is 0 Å². The van der Waals surface area contributed by atoms with Crippen LogP contribution in [0.25, 0.3) is 0 Å². The molecule has 0 saturated carbocycles. The van der Waals surface area contributed by atoms with Crippen LogP contribution in [0.4, 0.5) is 5.69 Å². The second-order valence-electron chi connectivity index (χ2n) is 4.39. The van der Waals surface area contributed by atoms with Crippen LogP contribution < -0.4 is 19.5 Å². The van der Waals surface area contributed by atoms with Gasteiger partial charge in [0.25, 0.3) is 0 Å². The third-order valence-corrected chi connectivity index (χ3v) is 3.59. The van der Waals surface area contributed by atoms with E-state index in [1.165, 1.54) is 0 Å². The molecular weight excluding hydrogens is 334 g/mol. The molecule has 21 heavy (non-hydrogen) atoms. The Bertz CT molecular complexity index is 574. The number of hydrogen-bond acceptors (Lipinski definition) is 4. The predicted molar refractivity (Wildman–Crippen MR) is 87.6 cm³/mol. The van der Waals surface area contributed by atoms with Gasteiger partial charge in [0.2, 0.25) is 5.75 Å². The van der Waals surface area contributed by atoms with Crippen LogP contribution in [0.2, 0.25) is 0 Å². The quantitative estimate of drug-likeness (QED) is 0.850. The van der Waals surface area contributed by atoms with Crippen molar-refractivity contribution < 1.29 is 14.2 Å². The zero-order valence-electron chi connectivity index (χ0n) is 12.3. The lowest BCUT2D eigenvalue weighted by atomic mass is 10.1. The first kappa shape index (κ1) is 15.5. The fourth-order valence-electron chi connectivity index (χ4n) is 2.01. The second kappa shape index (κ2) is 7.22. The van der Waals surface area contributed by atoms with Crippen LogP contribution in [-0.4, -0.2) is 21.3 Å². The highest BCUT2D eigenvalue weighted by molar-refractivity contribution is 9.10. The van der Waals surface area contributed by atoms with E-state index in [9.17, 15) is 0 Å². The summed E-state index contributed by atoms with van der Waals surface area (Å²) in [5, 5.41) is 3.36. The second-order valence-corrected chi connectivity index (χ2v) is 5.31. The summed E-state index contributed by atoms with van der Waals surface area (Å²) in [4.78, 5) is 0. The number of nitrogens with one attached hydrogen (secondary N) is 1. The van der Waals surface area contributed by atoms with Crippen LogP contribution in [0.1, 0.15) is 5.56 Å². The summed E-state index contributed by atoms with van der Waals surface area (Å²) in [6.45, 7) is 0.665. The summed E-state index contributed by atoms with van der Waals surface area (Å²) < 4.78 is 17.1. The summed E-state index contributed by atoms with van der Waals surface area (Å²) in [6, 6.07) is 11.9. The Morgan fingerprint density at radius 1 is 0.905 bits per heavy atom. The average Bonchev–Trinajstić information content (AvgIpc) is 2.53. The Labute approximate surface area is 133 Å². The molecule has 2 rings (SSSR count). The van der Waals surface area contributed by atoms with Gasteiger partial charge in [0.1, 0.15) is 0 Å². The SMILES string of the molecule is COc1cc(CNc2ccc(Br)cc2)cc(OC)c1OC. The molecule has 0 radical (unpaired) electrons. The van der Waals surface area contributed by atoms with Crippen LogP contribution >= 0.6 is 15.9 Å². The highest BCUT2D eigenvalue weighted by Crippen LogP contribution is 2.38. The molecule has 0 aliphatic heterocycles. The van der Waals surface area contributed by atoms with Crippen LogP contribution in [0.5, 0.6) is 17.2 Å². The first-order valence-corrected chi connectivity index (χ1v) is 7.25. The van der Waals surface area contributed by atoms with E-state index in [4.69, 9.17) is 14.2 Å². The largest absolute Gasteiger partial charge is 0.493 e. The lowest BCUT2D eigenvalue weighted by Crippen LogP contribution is -2.02. The molecule has 0 aliphatic carbocycles. The van der Waals surface area contributed by atoms with E-state index in [1.807, 2.05) is 36.4 Å². The number of halogens is 1. The van der Waals surface area contributed by atoms with E-state index in [-0.39, 0.29) is 0 Å². The third kappa shape index (κ3) is 3.82. The molecule has 0 amide bonds. The summed E-state index contributed by atoms with van der Waals surface area (Å²) in [5.41, 5.74) is 2.10. The molecule has 0 aromatic heterocycles. The molecule has 0 atom stereocenters. The number of rotatable bonds is 6. The van der Waals surface area contributed by atoms with Crippen molar-refractivity contribution in [3.8, 4) is 17.2 Å². The van der Waals surface area contributed by atoms with Crippen molar-refractivity contribution in [1.82, 2.24) is 0 Å². The van der Waals surface area contributed by atoms with Crippen LogP contribution in [0.3, 0.4) is 0 Å². The Kier molecular flexibility index (Phi) is 5.33. The number of hydrogen-bond donors (Lipinski definition) is 1. The minimum absolute atomic E-state index is 0.604. The monoisotopic (exact) mass is 351 g/mol. The normalized spacial score (nSPS) is 10.1. The summed E-state index contributed by atoms with van der Waals surface area (Å²) in [6.07, 6.45) is 0. The zero-order valence-corrected chi connectivity index (χ0v) is 13.9. The topological polar surface area (TPSA) is 39.7 Å². The molecule has 2 aromatic carbocycles. The number of methoxy groups -OCH3 is 3. The van der Waals surface area contributed by atoms with E-state index in [0.29, 0.717) is 23.8 Å². The van der Waals surface area contributed by atoms with Crippen molar-refractivity contribution in [1.29, 1.82) is 0 Å². The summed E-state index contributed by atoms with van der Waals surface area (Å²) >= 11 is 3.42. The first-order chi connectivity index (χ1) is 10.2. The lowest BCUT2D eigenvalue weighted by Gasteiger charge is -2.14. The van der Waals surface area contributed by atoms with Crippen molar-refractivity contribution in [2.45, 2.75) is 6.54 Å². The van der Waals surface area contributed by atoms with Gasteiger partial charge < -0.3 is 19.5 Å². The molecule has 0 heterocycles. The Morgan fingerprint density at radius 3 is 1.95 bits per heavy atom. The maximum atomic E-state index is 5.35. The van der Waals surface area contributed by atoms with Gasteiger partial charge in [-0.1, -0.05) is 15.9 Å². The standard InChI is InChI=1S/C16H18BrNO3/c1-19-14-8-11(9-15(20-2)16(14)21-3)10-18-13-6-4-12(17)5-7-13/h4-9,18H,10H2,1-3H3. The predicted octanol–water partition coefficient (Wildman–Crippen LogP) is 4.09. The highest BCUT2D eigenvalue weighted by atomic mass is 79.9. The summed E-state index contributed by atoms with van der Waals surface area (Å²) in [5.74, 6) is 1.92. The Morgan fingerprint density at radius 2 is 1.48 bits per heavy atom. The van der Waals surface area contributed by atoms with Crippen LogP contribution in [-0.2, 0) is 6.54 Å². The molecule has 0 bridgehead atoms. The highest BCUT2D eigenvalue weighted by Gasteiger charge is 2.12. The fourth-order valence-corrected chi connectivity index (χ4v) is 2.27. The number of benzene rings is 2. The molecule has 4 nitrogen and oxygen atoms in total. The van der Waals surface area contributed by atoms with E-state index >= 15 is 0 Å². The summed E-state index contributed by atoms with van der Waals surface area (Å²) in [7, 11) is 4.83. The van der Waals surface area contributed by atoms with E-state index in [1.54, 1.807) is 21.3 Å². The molecule has 0 fully saturated rings. The van der Waals surface area contributed by atoms with Gasteiger partial charge in [-0.2, -0.15) is 0 Å². The first-order valence-electron chi connectivity index (χ1n) is 6.46. The van der Waals surface area contributed by atoms with Gasteiger partial charge in [0.15, 0.2) is 11.5 Å². The minimum Gasteiger partial charge on any atom is -0.493 e. The Hall–Kier alpha value is -1.88. The molecular formula is C16H18BrNO3. The maximum Gasteiger partial charge on any atom is 0.203 e. The fraction of sp³-hybridized carbons (Fsp3) is 0.250. The molecule has 0 spiro atoms. The lowest BCUT2D eigenvalue weighted by molar-refractivity contribution is 0.324. The van der Waals surface area contributed by atoms with Gasteiger partial charge in [-0.05, 0) is 42.0 Å². The maximum absolute atomic E-state index is 5.35. The molecule has 0 saturated heterocycles. The average molecular weight is 352 g/mol. The van der Waals surface area contributed by atoms with Crippen LogP contribution in [0, 0.1) is 0 Å². The van der Waals surface area contributed by atoms with Gasteiger partial charge in [-0.3, -0.25) is 0 Å². The molecule has 0 aliphatic rings. The van der Waals surface area contributed by atoms with Crippen molar-refractivity contribution >= 4 is 21.6 Å². The minimum atomic E-state index is 0.604. The van der Waals surface area contributed by atoms with Crippen molar-refractivity contribution in [2.24, 2.45) is 0 Å².